The Hall–Kier alpha value is -2.82. The lowest BCUT2D eigenvalue weighted by Crippen LogP contribution is -2.27. The Balaban J connectivity index is 1.71. The van der Waals surface area contributed by atoms with Crippen LogP contribution in [0.2, 0.25) is 0 Å². The molecule has 0 bridgehead atoms. The number of aliphatic carboxylic acids is 1. The number of esters is 1. The van der Waals surface area contributed by atoms with Gasteiger partial charge in [0.1, 0.15) is 18.0 Å². The van der Waals surface area contributed by atoms with Crippen molar-refractivity contribution < 1.29 is 24.2 Å². The van der Waals surface area contributed by atoms with E-state index in [1.165, 1.54) is 5.56 Å². The van der Waals surface area contributed by atoms with Crippen LogP contribution in [0.15, 0.2) is 54.6 Å². The van der Waals surface area contributed by atoms with Gasteiger partial charge in [-0.25, -0.2) is 0 Å². The van der Waals surface area contributed by atoms with E-state index in [-0.39, 0.29) is 6.42 Å². The van der Waals surface area contributed by atoms with E-state index < -0.39 is 23.5 Å². The van der Waals surface area contributed by atoms with E-state index in [2.05, 4.69) is 0 Å². The Morgan fingerprint density at radius 3 is 2.20 bits per heavy atom. The molecule has 0 radical (unpaired) electrons. The number of hydrogen-bond acceptors (Lipinski definition) is 4. The standard InChI is InChI=1S/C25H32O5/c1-25(2,3)30-23(26)17-21(24(27)28)12-8-7-9-19-13-15-22(16-14-19)29-18-20-10-5-4-6-11-20/h4-6,10-11,13-16,21H,7-9,12,17-18H2,1-3H3,(H,27,28)/t21-/m1/s1. The van der Waals surface area contributed by atoms with Crippen LogP contribution in [0.1, 0.15) is 57.6 Å². The molecule has 0 spiro atoms. The minimum Gasteiger partial charge on any atom is -0.489 e. The average molecular weight is 413 g/mol. The molecule has 2 aromatic carbocycles. The Bertz CT molecular complexity index is 791. The van der Waals surface area contributed by atoms with Crippen LogP contribution >= 0.6 is 0 Å². The van der Waals surface area contributed by atoms with Crippen molar-refractivity contribution in [3.05, 3.63) is 65.7 Å². The summed E-state index contributed by atoms with van der Waals surface area (Å²) in [5, 5.41) is 9.38. The minimum absolute atomic E-state index is 0.0833. The zero-order chi connectivity index (χ0) is 22.0. The maximum atomic E-state index is 11.9. The summed E-state index contributed by atoms with van der Waals surface area (Å²) in [6.45, 7) is 5.87. The number of unbranched alkanes of at least 4 members (excludes halogenated alkanes) is 1. The highest BCUT2D eigenvalue weighted by Crippen LogP contribution is 2.19. The Labute approximate surface area is 179 Å². The second kappa shape index (κ2) is 11.4. The first-order valence-corrected chi connectivity index (χ1v) is 10.4. The first-order chi connectivity index (χ1) is 14.2. The summed E-state index contributed by atoms with van der Waals surface area (Å²) in [6, 6.07) is 18.0. The highest BCUT2D eigenvalue weighted by Gasteiger charge is 2.24. The first-order valence-electron chi connectivity index (χ1n) is 10.4. The predicted octanol–water partition coefficient (Wildman–Crippen LogP) is 5.41. The molecule has 2 rings (SSSR count). The van der Waals surface area contributed by atoms with Gasteiger partial charge in [-0.2, -0.15) is 0 Å². The topological polar surface area (TPSA) is 72.8 Å². The molecular weight excluding hydrogens is 380 g/mol. The van der Waals surface area contributed by atoms with Crippen LogP contribution in [-0.4, -0.2) is 22.6 Å². The zero-order valence-electron chi connectivity index (χ0n) is 18.1. The van der Waals surface area contributed by atoms with E-state index in [0.29, 0.717) is 13.0 Å². The largest absolute Gasteiger partial charge is 0.489 e. The maximum Gasteiger partial charge on any atom is 0.307 e. The summed E-state index contributed by atoms with van der Waals surface area (Å²) in [6.07, 6.45) is 2.85. The van der Waals surface area contributed by atoms with E-state index in [0.717, 1.165) is 30.6 Å². The molecule has 0 saturated carbocycles. The molecule has 5 nitrogen and oxygen atoms in total. The quantitative estimate of drug-likeness (QED) is 0.394. The lowest BCUT2D eigenvalue weighted by atomic mass is 9.96. The van der Waals surface area contributed by atoms with E-state index in [9.17, 15) is 14.7 Å². The second-order valence-electron chi connectivity index (χ2n) is 8.49. The highest BCUT2D eigenvalue weighted by atomic mass is 16.6. The number of ether oxygens (including phenoxy) is 2. The van der Waals surface area contributed by atoms with Crippen LogP contribution in [0, 0.1) is 5.92 Å². The molecule has 0 unspecified atom stereocenters. The summed E-state index contributed by atoms with van der Waals surface area (Å²) in [5.41, 5.74) is 1.71. The van der Waals surface area contributed by atoms with E-state index in [1.807, 2.05) is 54.6 Å². The summed E-state index contributed by atoms with van der Waals surface area (Å²) in [4.78, 5) is 23.4. The molecular formula is C25H32O5. The van der Waals surface area contributed by atoms with Crippen molar-refractivity contribution >= 4 is 11.9 Å². The van der Waals surface area contributed by atoms with Crippen LogP contribution in [0.3, 0.4) is 0 Å². The number of hydrogen-bond donors (Lipinski definition) is 1. The van der Waals surface area contributed by atoms with Crippen LogP contribution in [-0.2, 0) is 27.4 Å². The fourth-order valence-corrected chi connectivity index (χ4v) is 3.11. The summed E-state index contributed by atoms with van der Waals surface area (Å²) < 4.78 is 11.0. The van der Waals surface area contributed by atoms with Gasteiger partial charge in [0.25, 0.3) is 0 Å². The molecule has 30 heavy (non-hydrogen) atoms. The number of carboxylic acids is 1. The van der Waals surface area contributed by atoms with Crippen molar-refractivity contribution in [1.82, 2.24) is 0 Å². The molecule has 0 heterocycles. The molecule has 0 amide bonds. The van der Waals surface area contributed by atoms with Gasteiger partial charge in [0.2, 0.25) is 0 Å². The minimum atomic E-state index is -0.944. The van der Waals surface area contributed by atoms with Gasteiger partial charge in [0.05, 0.1) is 12.3 Å². The molecule has 162 valence electrons. The van der Waals surface area contributed by atoms with Crippen molar-refractivity contribution in [1.29, 1.82) is 0 Å². The summed E-state index contributed by atoms with van der Waals surface area (Å²) in [7, 11) is 0. The fraction of sp³-hybridized carbons (Fsp3) is 0.440. The molecule has 0 aliphatic rings. The van der Waals surface area contributed by atoms with Gasteiger partial charge in [0, 0.05) is 0 Å². The van der Waals surface area contributed by atoms with Crippen molar-refractivity contribution in [2.24, 2.45) is 5.92 Å². The third kappa shape index (κ3) is 9.12. The van der Waals surface area contributed by atoms with E-state index in [4.69, 9.17) is 9.47 Å². The maximum absolute atomic E-state index is 11.9. The third-order valence-corrected chi connectivity index (χ3v) is 4.62. The van der Waals surface area contributed by atoms with Gasteiger partial charge in [0.15, 0.2) is 0 Å². The number of benzene rings is 2. The number of aryl methyl sites for hydroxylation is 1. The number of rotatable bonds is 11. The average Bonchev–Trinajstić information content (AvgIpc) is 2.69. The SMILES string of the molecule is CC(C)(C)OC(=O)C[C@@H](CCCCc1ccc(OCc2ccccc2)cc1)C(=O)O. The number of carboxylic acid groups (broad SMARTS) is 1. The number of carbonyl (C=O) groups is 2. The van der Waals surface area contributed by atoms with Gasteiger partial charge in [-0.05, 0) is 63.3 Å². The monoisotopic (exact) mass is 412 g/mol. The van der Waals surface area contributed by atoms with Crippen molar-refractivity contribution in [3.8, 4) is 5.75 Å². The van der Waals surface area contributed by atoms with Crippen molar-refractivity contribution in [2.45, 2.75) is 65.1 Å². The summed E-state index contributed by atoms with van der Waals surface area (Å²) in [5.74, 6) is -1.28. The van der Waals surface area contributed by atoms with E-state index in [1.54, 1.807) is 20.8 Å². The Morgan fingerprint density at radius 1 is 0.933 bits per heavy atom. The smallest absolute Gasteiger partial charge is 0.307 e. The fourth-order valence-electron chi connectivity index (χ4n) is 3.11. The normalized spacial score (nSPS) is 12.2. The zero-order valence-corrected chi connectivity index (χ0v) is 18.1. The van der Waals surface area contributed by atoms with E-state index >= 15 is 0 Å². The van der Waals surface area contributed by atoms with Gasteiger partial charge in [-0.15, -0.1) is 0 Å². The molecule has 1 N–H and O–H groups in total. The molecule has 0 fully saturated rings. The first kappa shape index (κ1) is 23.5. The molecule has 5 heteroatoms. The molecule has 0 aliphatic heterocycles. The van der Waals surface area contributed by atoms with Gasteiger partial charge >= 0.3 is 11.9 Å². The van der Waals surface area contributed by atoms with Crippen LogP contribution in [0.25, 0.3) is 0 Å². The summed E-state index contributed by atoms with van der Waals surface area (Å²) >= 11 is 0. The Morgan fingerprint density at radius 2 is 1.60 bits per heavy atom. The van der Waals surface area contributed by atoms with Gasteiger partial charge in [-0.3, -0.25) is 9.59 Å². The van der Waals surface area contributed by atoms with Crippen molar-refractivity contribution in [3.63, 3.8) is 0 Å². The third-order valence-electron chi connectivity index (χ3n) is 4.62. The highest BCUT2D eigenvalue weighted by molar-refractivity contribution is 5.78. The van der Waals surface area contributed by atoms with Crippen LogP contribution in [0.5, 0.6) is 5.75 Å². The molecule has 0 aromatic heterocycles. The van der Waals surface area contributed by atoms with Crippen molar-refractivity contribution in [2.75, 3.05) is 0 Å². The lowest BCUT2D eigenvalue weighted by Gasteiger charge is -2.21. The lowest BCUT2D eigenvalue weighted by molar-refractivity contribution is -0.160. The molecule has 1 atom stereocenters. The molecule has 2 aromatic rings. The van der Waals surface area contributed by atoms with Crippen LogP contribution < -0.4 is 4.74 Å². The van der Waals surface area contributed by atoms with Gasteiger partial charge < -0.3 is 14.6 Å². The number of carbonyl (C=O) groups excluding carboxylic acids is 1. The predicted molar refractivity (Wildman–Crippen MR) is 116 cm³/mol. The van der Waals surface area contributed by atoms with Gasteiger partial charge in [-0.1, -0.05) is 48.9 Å². The van der Waals surface area contributed by atoms with Crippen LogP contribution in [0.4, 0.5) is 0 Å². The second-order valence-corrected chi connectivity index (χ2v) is 8.49. The molecule has 0 saturated heterocycles. The molecule has 0 aliphatic carbocycles. The Kier molecular flexibility index (Phi) is 8.90.